The van der Waals surface area contributed by atoms with Crippen LogP contribution >= 0.6 is 0 Å². The summed E-state index contributed by atoms with van der Waals surface area (Å²) >= 11 is 0. The van der Waals surface area contributed by atoms with Gasteiger partial charge in [0, 0.05) is 18.1 Å². The second-order valence-electron chi connectivity index (χ2n) is 6.30. The third-order valence-corrected chi connectivity index (χ3v) is 3.13. The number of pyridine rings is 2. The van der Waals surface area contributed by atoms with Gasteiger partial charge in [-0.25, -0.2) is 9.97 Å². The van der Waals surface area contributed by atoms with Crippen LogP contribution in [-0.2, 0) is 0 Å². The van der Waals surface area contributed by atoms with Crippen molar-refractivity contribution in [1.29, 1.82) is 0 Å². The molecule has 0 unspecified atom stereocenters. The van der Waals surface area contributed by atoms with Gasteiger partial charge in [0.2, 0.25) is 0 Å². The molecule has 0 aromatic carbocycles. The Bertz CT molecular complexity index is 754. The Morgan fingerprint density at radius 3 is 2.81 bits per heavy atom. The molecule has 21 heavy (non-hydrogen) atoms. The Morgan fingerprint density at radius 1 is 1.14 bits per heavy atom. The number of anilines is 1. The van der Waals surface area contributed by atoms with Gasteiger partial charge in [0.05, 0.1) is 11.4 Å². The normalized spacial score (nSPS) is 11.8. The average Bonchev–Trinajstić information content (AvgIpc) is 2.89. The summed E-state index contributed by atoms with van der Waals surface area (Å²) in [5.74, 6) is 0.870. The molecule has 0 saturated heterocycles. The lowest BCUT2D eigenvalue weighted by atomic mass is 9.97. The molecule has 0 atom stereocenters. The molecule has 0 bridgehead atoms. The summed E-state index contributed by atoms with van der Waals surface area (Å²) in [5, 5.41) is 11.6. The minimum Gasteiger partial charge on any atom is -0.370 e. The second kappa shape index (κ2) is 5.16. The van der Waals surface area contributed by atoms with Gasteiger partial charge in [0.25, 0.3) is 0 Å². The van der Waals surface area contributed by atoms with Gasteiger partial charge in [-0.15, -0.1) is 0 Å². The number of aromatic amines is 1. The van der Waals surface area contributed by atoms with Gasteiger partial charge in [0.15, 0.2) is 5.65 Å². The fourth-order valence-electron chi connectivity index (χ4n) is 2.07. The van der Waals surface area contributed by atoms with Crippen molar-refractivity contribution in [2.24, 2.45) is 5.41 Å². The lowest BCUT2D eigenvalue weighted by Crippen LogP contribution is -2.19. The molecule has 0 amide bonds. The Kier molecular flexibility index (Phi) is 3.33. The topological polar surface area (TPSA) is 66.5 Å². The minimum atomic E-state index is 0.211. The van der Waals surface area contributed by atoms with Gasteiger partial charge in [-0.1, -0.05) is 26.8 Å². The van der Waals surface area contributed by atoms with Crippen molar-refractivity contribution in [1.82, 2.24) is 20.2 Å². The maximum Gasteiger partial charge on any atom is 0.181 e. The molecule has 0 aliphatic carbocycles. The summed E-state index contributed by atoms with van der Waals surface area (Å²) in [7, 11) is 0. The molecule has 108 valence electrons. The van der Waals surface area contributed by atoms with E-state index in [9.17, 15) is 0 Å². The highest BCUT2D eigenvalue weighted by Crippen LogP contribution is 2.24. The average molecular weight is 281 g/mol. The highest BCUT2D eigenvalue weighted by Gasteiger charge is 2.12. The standard InChI is InChI=1S/C16H19N5/c1-16(2,3)10-18-13-8-4-7-12(19-13)14-11-6-5-9-17-15(11)21-20-14/h4-9H,10H2,1-3H3,(H,18,19)(H,17,20,21). The van der Waals surface area contributed by atoms with E-state index in [0.29, 0.717) is 5.65 Å². The maximum absolute atomic E-state index is 4.66. The zero-order valence-electron chi connectivity index (χ0n) is 12.5. The van der Waals surface area contributed by atoms with Crippen molar-refractivity contribution in [2.75, 3.05) is 11.9 Å². The zero-order valence-corrected chi connectivity index (χ0v) is 12.5. The van der Waals surface area contributed by atoms with Crippen molar-refractivity contribution < 1.29 is 0 Å². The molecule has 3 aromatic rings. The number of nitrogens with one attached hydrogen (secondary N) is 2. The molecule has 5 nitrogen and oxygen atoms in total. The first-order valence-electron chi connectivity index (χ1n) is 7.03. The van der Waals surface area contributed by atoms with Crippen LogP contribution in [0.1, 0.15) is 20.8 Å². The number of hydrogen-bond acceptors (Lipinski definition) is 4. The first-order valence-corrected chi connectivity index (χ1v) is 7.03. The van der Waals surface area contributed by atoms with E-state index in [0.717, 1.165) is 29.1 Å². The summed E-state index contributed by atoms with van der Waals surface area (Å²) in [5.41, 5.74) is 2.69. The van der Waals surface area contributed by atoms with Gasteiger partial charge in [0.1, 0.15) is 5.82 Å². The number of rotatable bonds is 3. The quantitative estimate of drug-likeness (QED) is 0.771. The molecule has 5 heteroatoms. The minimum absolute atomic E-state index is 0.211. The second-order valence-corrected chi connectivity index (χ2v) is 6.30. The molecule has 0 saturated carbocycles. The molecular weight excluding hydrogens is 262 g/mol. The fraction of sp³-hybridized carbons (Fsp3) is 0.312. The molecular formula is C16H19N5. The number of H-pyrrole nitrogens is 1. The fourth-order valence-corrected chi connectivity index (χ4v) is 2.07. The Morgan fingerprint density at radius 2 is 2.00 bits per heavy atom. The van der Waals surface area contributed by atoms with Crippen LogP contribution in [0.2, 0.25) is 0 Å². The first-order chi connectivity index (χ1) is 10.0. The third-order valence-electron chi connectivity index (χ3n) is 3.13. The molecule has 0 spiro atoms. The molecule has 2 N–H and O–H groups in total. The van der Waals surface area contributed by atoms with Gasteiger partial charge in [-0.3, -0.25) is 5.10 Å². The van der Waals surface area contributed by atoms with E-state index in [-0.39, 0.29) is 5.41 Å². The molecule has 0 radical (unpaired) electrons. The maximum atomic E-state index is 4.66. The van der Waals surface area contributed by atoms with Crippen LogP contribution in [0.25, 0.3) is 22.4 Å². The number of aromatic nitrogens is 4. The molecule has 0 aliphatic heterocycles. The van der Waals surface area contributed by atoms with Crippen molar-refractivity contribution in [3.05, 3.63) is 36.5 Å². The van der Waals surface area contributed by atoms with E-state index in [4.69, 9.17) is 0 Å². The summed E-state index contributed by atoms with van der Waals surface area (Å²) in [4.78, 5) is 8.89. The van der Waals surface area contributed by atoms with E-state index in [2.05, 4.69) is 46.3 Å². The molecule has 3 aromatic heterocycles. The molecule has 0 aliphatic rings. The van der Waals surface area contributed by atoms with Crippen molar-refractivity contribution >= 4 is 16.9 Å². The lowest BCUT2D eigenvalue weighted by Gasteiger charge is -2.19. The largest absolute Gasteiger partial charge is 0.370 e. The van der Waals surface area contributed by atoms with Gasteiger partial charge >= 0.3 is 0 Å². The third kappa shape index (κ3) is 3.02. The Balaban J connectivity index is 1.92. The molecule has 0 fully saturated rings. The van der Waals surface area contributed by atoms with Crippen LogP contribution in [0.4, 0.5) is 5.82 Å². The van der Waals surface area contributed by atoms with Crippen LogP contribution in [0.5, 0.6) is 0 Å². The summed E-state index contributed by atoms with van der Waals surface area (Å²) in [6, 6.07) is 9.85. The number of hydrogen-bond donors (Lipinski definition) is 2. The lowest BCUT2D eigenvalue weighted by molar-refractivity contribution is 0.442. The van der Waals surface area contributed by atoms with E-state index < -0.39 is 0 Å². The smallest absolute Gasteiger partial charge is 0.181 e. The summed E-state index contributed by atoms with van der Waals surface area (Å²) < 4.78 is 0. The van der Waals surface area contributed by atoms with E-state index >= 15 is 0 Å². The predicted octanol–water partition coefficient (Wildman–Crippen LogP) is 3.48. The van der Waals surface area contributed by atoms with Crippen LogP contribution in [0, 0.1) is 5.41 Å². The van der Waals surface area contributed by atoms with Gasteiger partial charge < -0.3 is 5.32 Å². The van der Waals surface area contributed by atoms with Crippen LogP contribution in [-0.4, -0.2) is 26.7 Å². The number of fused-ring (bicyclic) bond motifs is 1. The number of nitrogens with zero attached hydrogens (tertiary/aromatic N) is 3. The molecule has 3 heterocycles. The van der Waals surface area contributed by atoms with Gasteiger partial charge in [-0.2, -0.15) is 5.10 Å². The Hall–Kier alpha value is -2.43. The summed E-state index contributed by atoms with van der Waals surface area (Å²) in [6.07, 6.45) is 1.74. The Labute approximate surface area is 123 Å². The van der Waals surface area contributed by atoms with Crippen molar-refractivity contribution in [3.63, 3.8) is 0 Å². The van der Waals surface area contributed by atoms with Crippen LogP contribution in [0.15, 0.2) is 36.5 Å². The van der Waals surface area contributed by atoms with Crippen molar-refractivity contribution in [3.8, 4) is 11.4 Å². The monoisotopic (exact) mass is 281 g/mol. The van der Waals surface area contributed by atoms with Crippen molar-refractivity contribution in [2.45, 2.75) is 20.8 Å². The van der Waals surface area contributed by atoms with Crippen LogP contribution < -0.4 is 5.32 Å². The zero-order chi connectivity index (χ0) is 14.9. The highest BCUT2D eigenvalue weighted by molar-refractivity contribution is 5.89. The molecule has 3 rings (SSSR count). The van der Waals surface area contributed by atoms with E-state index in [1.807, 2.05) is 30.3 Å². The summed E-state index contributed by atoms with van der Waals surface area (Å²) in [6.45, 7) is 7.45. The van der Waals surface area contributed by atoms with E-state index in [1.54, 1.807) is 6.20 Å². The first kappa shape index (κ1) is 13.5. The SMILES string of the molecule is CC(C)(C)CNc1cccc(-c2[nH]nc3ncccc23)n1. The van der Waals surface area contributed by atoms with Crippen LogP contribution in [0.3, 0.4) is 0 Å². The highest BCUT2D eigenvalue weighted by atomic mass is 15.2. The van der Waals surface area contributed by atoms with Gasteiger partial charge in [-0.05, 0) is 29.7 Å². The predicted molar refractivity (Wildman–Crippen MR) is 85.1 cm³/mol. The van der Waals surface area contributed by atoms with E-state index in [1.165, 1.54) is 0 Å².